The Hall–Kier alpha value is -1.98. The van der Waals surface area contributed by atoms with Crippen molar-refractivity contribution >= 4 is 17.6 Å². The Kier molecular flexibility index (Phi) is 4.09. The highest BCUT2D eigenvalue weighted by Crippen LogP contribution is 2.37. The van der Waals surface area contributed by atoms with Crippen LogP contribution >= 0.6 is 0 Å². The first kappa shape index (κ1) is 13.5. The molecule has 0 bridgehead atoms. The van der Waals surface area contributed by atoms with Gasteiger partial charge in [0.2, 0.25) is 0 Å². The molecule has 0 saturated heterocycles. The van der Waals surface area contributed by atoms with Gasteiger partial charge in [-0.3, -0.25) is 4.79 Å². The lowest BCUT2D eigenvalue weighted by Gasteiger charge is -2.08. The Morgan fingerprint density at radius 3 is 2.89 bits per heavy atom. The molecule has 1 amide bonds. The van der Waals surface area contributed by atoms with Crippen LogP contribution in [-0.2, 0) is 9.53 Å². The Balaban J connectivity index is 1.91. The number of rotatable bonds is 6. The number of nitrogens with two attached hydrogens (primary N) is 1. The summed E-state index contributed by atoms with van der Waals surface area (Å²) >= 11 is 0. The van der Waals surface area contributed by atoms with Gasteiger partial charge in [0.25, 0.3) is 5.91 Å². The second kappa shape index (κ2) is 5.77. The van der Waals surface area contributed by atoms with Crippen molar-refractivity contribution in [2.24, 2.45) is 0 Å². The smallest absolute Gasteiger partial charge is 0.355 e. The lowest BCUT2D eigenvalue weighted by atomic mass is 10.4. The van der Waals surface area contributed by atoms with Crippen LogP contribution in [0.15, 0.2) is 12.3 Å². The number of carbonyl (C=O) groups is 2. The number of amides is 1. The van der Waals surface area contributed by atoms with E-state index in [1.807, 2.05) is 11.5 Å². The average molecular weight is 265 g/mol. The fourth-order valence-electron chi connectivity index (χ4n) is 1.84. The standard InChI is InChI=1S/C13H19N3O3/c1-2-5-15-12(17)8-19-13(18)11-6-9(14)7-16(11)10-3-4-10/h6-7,10H,2-5,8,14H2,1H3,(H,15,17). The highest BCUT2D eigenvalue weighted by Gasteiger charge is 2.28. The first-order chi connectivity index (χ1) is 9.11. The van der Waals surface area contributed by atoms with Crippen LogP contribution in [0.4, 0.5) is 5.69 Å². The summed E-state index contributed by atoms with van der Waals surface area (Å²) in [4.78, 5) is 23.3. The summed E-state index contributed by atoms with van der Waals surface area (Å²) in [6.45, 7) is 2.29. The van der Waals surface area contributed by atoms with Gasteiger partial charge in [0, 0.05) is 18.8 Å². The van der Waals surface area contributed by atoms with E-state index in [4.69, 9.17) is 10.5 Å². The van der Waals surface area contributed by atoms with Gasteiger partial charge in [-0.15, -0.1) is 0 Å². The van der Waals surface area contributed by atoms with Crippen LogP contribution in [-0.4, -0.2) is 29.6 Å². The molecule has 1 aliphatic rings. The van der Waals surface area contributed by atoms with Gasteiger partial charge in [-0.1, -0.05) is 6.92 Å². The van der Waals surface area contributed by atoms with Gasteiger partial charge in [-0.2, -0.15) is 0 Å². The molecule has 1 aliphatic carbocycles. The molecule has 6 nitrogen and oxygen atoms in total. The van der Waals surface area contributed by atoms with Crippen LogP contribution in [0.5, 0.6) is 0 Å². The van der Waals surface area contributed by atoms with Gasteiger partial charge in [0.1, 0.15) is 5.69 Å². The van der Waals surface area contributed by atoms with Crippen LogP contribution in [0.2, 0.25) is 0 Å². The summed E-state index contributed by atoms with van der Waals surface area (Å²) in [6, 6.07) is 1.93. The van der Waals surface area contributed by atoms with E-state index < -0.39 is 5.97 Å². The Morgan fingerprint density at radius 1 is 1.53 bits per heavy atom. The molecular formula is C13H19N3O3. The minimum Gasteiger partial charge on any atom is -0.451 e. The maximum Gasteiger partial charge on any atom is 0.355 e. The fraction of sp³-hybridized carbons (Fsp3) is 0.538. The van der Waals surface area contributed by atoms with E-state index in [0.717, 1.165) is 19.3 Å². The summed E-state index contributed by atoms with van der Waals surface area (Å²) in [5, 5.41) is 2.65. The molecule has 1 fully saturated rings. The van der Waals surface area contributed by atoms with Gasteiger partial charge in [-0.05, 0) is 25.3 Å². The van der Waals surface area contributed by atoms with E-state index in [9.17, 15) is 9.59 Å². The number of nitrogen functional groups attached to an aromatic ring is 1. The second-order valence-electron chi connectivity index (χ2n) is 4.72. The molecule has 2 rings (SSSR count). The zero-order chi connectivity index (χ0) is 13.8. The highest BCUT2D eigenvalue weighted by molar-refractivity contribution is 5.91. The maximum absolute atomic E-state index is 11.9. The first-order valence-electron chi connectivity index (χ1n) is 6.53. The van der Waals surface area contributed by atoms with Gasteiger partial charge < -0.3 is 20.4 Å². The predicted octanol–water partition coefficient (Wildman–Crippen LogP) is 1.09. The van der Waals surface area contributed by atoms with E-state index in [1.165, 1.54) is 0 Å². The third-order valence-electron chi connectivity index (χ3n) is 2.93. The number of nitrogens with zero attached hydrogens (tertiary/aromatic N) is 1. The molecule has 0 spiro atoms. The molecule has 1 aromatic heterocycles. The summed E-state index contributed by atoms with van der Waals surface area (Å²) in [7, 11) is 0. The largest absolute Gasteiger partial charge is 0.451 e. The lowest BCUT2D eigenvalue weighted by molar-refractivity contribution is -0.124. The van der Waals surface area contributed by atoms with Crippen molar-refractivity contribution in [2.45, 2.75) is 32.2 Å². The number of ether oxygens (including phenoxy) is 1. The van der Waals surface area contributed by atoms with Crippen LogP contribution < -0.4 is 11.1 Å². The maximum atomic E-state index is 11.9. The van der Waals surface area contributed by atoms with Crippen molar-refractivity contribution in [3.63, 3.8) is 0 Å². The highest BCUT2D eigenvalue weighted by atomic mass is 16.5. The monoisotopic (exact) mass is 265 g/mol. The summed E-state index contributed by atoms with van der Waals surface area (Å²) in [6.07, 6.45) is 4.68. The first-order valence-corrected chi connectivity index (χ1v) is 6.53. The minimum atomic E-state index is -0.504. The summed E-state index contributed by atoms with van der Waals surface area (Å²) in [5.74, 6) is -0.789. The van der Waals surface area contributed by atoms with E-state index in [1.54, 1.807) is 12.3 Å². The van der Waals surface area contributed by atoms with Gasteiger partial charge in [0.05, 0.1) is 5.69 Å². The molecule has 0 atom stereocenters. The Morgan fingerprint density at radius 2 is 2.26 bits per heavy atom. The SMILES string of the molecule is CCCNC(=O)COC(=O)c1cc(N)cn1C1CC1. The van der Waals surface area contributed by atoms with Crippen LogP contribution in [0.25, 0.3) is 0 Å². The minimum absolute atomic E-state index is 0.255. The van der Waals surface area contributed by atoms with E-state index in [-0.39, 0.29) is 12.5 Å². The Labute approximate surface area is 111 Å². The lowest BCUT2D eigenvalue weighted by Crippen LogP contribution is -2.29. The molecular weight excluding hydrogens is 246 g/mol. The fourth-order valence-corrected chi connectivity index (χ4v) is 1.84. The molecule has 0 unspecified atom stereocenters. The number of carbonyl (C=O) groups excluding carboxylic acids is 2. The molecule has 0 radical (unpaired) electrons. The number of anilines is 1. The van der Waals surface area contributed by atoms with Crippen molar-refractivity contribution in [1.29, 1.82) is 0 Å². The van der Waals surface area contributed by atoms with Crippen LogP contribution in [0, 0.1) is 0 Å². The summed E-state index contributed by atoms with van der Waals surface area (Å²) < 4.78 is 6.83. The van der Waals surface area contributed by atoms with Crippen LogP contribution in [0.3, 0.4) is 0 Å². The predicted molar refractivity (Wildman–Crippen MR) is 70.7 cm³/mol. The Bertz CT molecular complexity index is 477. The summed E-state index contributed by atoms with van der Waals surface area (Å²) in [5.41, 5.74) is 6.65. The van der Waals surface area contributed by atoms with Crippen molar-refractivity contribution in [3.8, 4) is 0 Å². The molecule has 19 heavy (non-hydrogen) atoms. The van der Waals surface area contributed by atoms with Crippen molar-refractivity contribution in [3.05, 3.63) is 18.0 Å². The molecule has 1 aromatic rings. The van der Waals surface area contributed by atoms with Gasteiger partial charge >= 0.3 is 5.97 Å². The zero-order valence-corrected chi connectivity index (χ0v) is 11.0. The molecule has 1 heterocycles. The second-order valence-corrected chi connectivity index (χ2v) is 4.72. The topological polar surface area (TPSA) is 86.3 Å². The quantitative estimate of drug-likeness (QED) is 0.754. The number of hydrogen-bond acceptors (Lipinski definition) is 4. The molecule has 0 aromatic carbocycles. The number of hydrogen-bond donors (Lipinski definition) is 2. The normalized spacial score (nSPS) is 14.2. The molecule has 3 N–H and O–H groups in total. The third kappa shape index (κ3) is 3.49. The molecule has 104 valence electrons. The van der Waals surface area contributed by atoms with E-state index in [0.29, 0.717) is 24.0 Å². The van der Waals surface area contributed by atoms with Crippen molar-refractivity contribution < 1.29 is 14.3 Å². The number of esters is 1. The van der Waals surface area contributed by atoms with Crippen molar-refractivity contribution in [2.75, 3.05) is 18.9 Å². The third-order valence-corrected chi connectivity index (χ3v) is 2.93. The van der Waals surface area contributed by atoms with Crippen molar-refractivity contribution in [1.82, 2.24) is 9.88 Å². The van der Waals surface area contributed by atoms with E-state index in [2.05, 4.69) is 5.32 Å². The van der Waals surface area contributed by atoms with Gasteiger partial charge in [0.15, 0.2) is 6.61 Å². The molecule has 6 heteroatoms. The molecule has 1 saturated carbocycles. The van der Waals surface area contributed by atoms with Gasteiger partial charge in [-0.25, -0.2) is 4.79 Å². The number of aromatic nitrogens is 1. The molecule has 0 aliphatic heterocycles. The van der Waals surface area contributed by atoms with Crippen LogP contribution in [0.1, 0.15) is 42.7 Å². The average Bonchev–Trinajstić information content (AvgIpc) is 3.16. The van der Waals surface area contributed by atoms with E-state index >= 15 is 0 Å². The zero-order valence-electron chi connectivity index (χ0n) is 11.0. The number of nitrogens with one attached hydrogen (secondary N) is 1.